The third kappa shape index (κ3) is 1.65. The minimum absolute atomic E-state index is 0.163. The Labute approximate surface area is 78.4 Å². The lowest BCUT2D eigenvalue weighted by molar-refractivity contribution is 0.633. The average Bonchev–Trinajstić information content (AvgIpc) is 3.00. The fourth-order valence-electron chi connectivity index (χ4n) is 1.60. The van der Waals surface area contributed by atoms with Gasteiger partial charge in [-0.25, -0.2) is 4.98 Å². The van der Waals surface area contributed by atoms with Crippen LogP contribution in [0, 0.1) is 5.92 Å². The molecule has 0 spiro atoms. The Morgan fingerprint density at radius 2 is 2.38 bits per heavy atom. The number of rotatable bonds is 3. The summed E-state index contributed by atoms with van der Waals surface area (Å²) in [5.74, 6) is 1.60. The molecule has 1 fully saturated rings. The normalized spacial score (nSPS) is 18.3. The molecule has 1 heterocycles. The first-order chi connectivity index (χ1) is 6.33. The second-order valence-corrected chi connectivity index (χ2v) is 3.55. The topological polar surface area (TPSA) is 50.9 Å². The predicted molar refractivity (Wildman–Crippen MR) is 53.4 cm³/mol. The van der Waals surface area contributed by atoms with E-state index in [1.807, 2.05) is 13.1 Å². The van der Waals surface area contributed by atoms with E-state index < -0.39 is 0 Å². The zero-order chi connectivity index (χ0) is 9.26. The van der Waals surface area contributed by atoms with Crippen molar-refractivity contribution in [2.45, 2.75) is 18.9 Å². The third-order valence-electron chi connectivity index (χ3n) is 2.56. The number of nitrogens with one attached hydrogen (secondary N) is 1. The van der Waals surface area contributed by atoms with Crippen LogP contribution in [0.5, 0.6) is 0 Å². The summed E-state index contributed by atoms with van der Waals surface area (Å²) in [6.45, 7) is 0. The molecule has 1 aromatic heterocycles. The molecule has 0 bridgehead atoms. The zero-order valence-corrected chi connectivity index (χ0v) is 7.83. The van der Waals surface area contributed by atoms with E-state index in [2.05, 4.69) is 16.4 Å². The standard InChI is InChI=1S/C10H15N3/c1-12-10-8(3-2-6-13-10)9(11)7-4-5-7/h2-3,6-7,9H,4-5,11H2,1H3,(H,12,13). The molecule has 0 radical (unpaired) electrons. The van der Waals surface area contributed by atoms with Gasteiger partial charge in [-0.2, -0.15) is 0 Å². The Balaban J connectivity index is 2.26. The van der Waals surface area contributed by atoms with Gasteiger partial charge < -0.3 is 11.1 Å². The molecule has 0 aromatic carbocycles. The predicted octanol–water partition coefficient (Wildman–Crippen LogP) is 1.53. The number of nitrogens with two attached hydrogens (primary N) is 1. The third-order valence-corrected chi connectivity index (χ3v) is 2.56. The van der Waals surface area contributed by atoms with Gasteiger partial charge >= 0.3 is 0 Å². The first-order valence-corrected chi connectivity index (χ1v) is 4.71. The van der Waals surface area contributed by atoms with Crippen molar-refractivity contribution in [1.82, 2.24) is 4.98 Å². The molecule has 0 amide bonds. The second-order valence-electron chi connectivity index (χ2n) is 3.55. The molecule has 1 aromatic rings. The smallest absolute Gasteiger partial charge is 0.130 e. The SMILES string of the molecule is CNc1ncccc1C(N)C1CC1. The molecule has 1 saturated carbocycles. The number of hydrogen-bond acceptors (Lipinski definition) is 3. The van der Waals surface area contributed by atoms with Crippen molar-refractivity contribution < 1.29 is 0 Å². The van der Waals surface area contributed by atoms with Gasteiger partial charge in [-0.1, -0.05) is 6.07 Å². The van der Waals surface area contributed by atoms with E-state index in [1.54, 1.807) is 6.20 Å². The van der Waals surface area contributed by atoms with Crippen molar-refractivity contribution in [1.29, 1.82) is 0 Å². The van der Waals surface area contributed by atoms with E-state index in [0.717, 1.165) is 11.4 Å². The number of anilines is 1. The molecule has 1 unspecified atom stereocenters. The Bertz CT molecular complexity index is 294. The summed E-state index contributed by atoms with van der Waals surface area (Å²) in [7, 11) is 1.88. The fourth-order valence-corrected chi connectivity index (χ4v) is 1.60. The van der Waals surface area contributed by atoms with E-state index in [1.165, 1.54) is 12.8 Å². The second kappa shape index (κ2) is 3.34. The van der Waals surface area contributed by atoms with Gasteiger partial charge in [0.25, 0.3) is 0 Å². The van der Waals surface area contributed by atoms with Crippen LogP contribution in [-0.2, 0) is 0 Å². The van der Waals surface area contributed by atoms with Gasteiger partial charge in [-0.15, -0.1) is 0 Å². The van der Waals surface area contributed by atoms with Crippen LogP contribution in [0.25, 0.3) is 0 Å². The van der Waals surface area contributed by atoms with Gasteiger partial charge in [0, 0.05) is 24.8 Å². The lowest BCUT2D eigenvalue weighted by atomic mass is 10.0. The summed E-state index contributed by atoms with van der Waals surface area (Å²) in [4.78, 5) is 4.24. The van der Waals surface area contributed by atoms with Crippen LogP contribution >= 0.6 is 0 Å². The zero-order valence-electron chi connectivity index (χ0n) is 7.83. The Hall–Kier alpha value is -1.09. The summed E-state index contributed by atoms with van der Waals surface area (Å²) in [5, 5.41) is 3.07. The molecule has 0 saturated heterocycles. The highest BCUT2D eigenvalue weighted by Crippen LogP contribution is 2.40. The van der Waals surface area contributed by atoms with Gasteiger partial charge in [-0.05, 0) is 24.8 Å². The summed E-state index contributed by atoms with van der Waals surface area (Å²) in [6, 6.07) is 4.16. The van der Waals surface area contributed by atoms with Crippen molar-refractivity contribution in [3.05, 3.63) is 23.9 Å². The van der Waals surface area contributed by atoms with Crippen LogP contribution in [0.4, 0.5) is 5.82 Å². The number of pyridine rings is 1. The fraction of sp³-hybridized carbons (Fsp3) is 0.500. The van der Waals surface area contributed by atoms with Crippen LogP contribution in [0.2, 0.25) is 0 Å². The van der Waals surface area contributed by atoms with Crippen LogP contribution in [0.1, 0.15) is 24.4 Å². The van der Waals surface area contributed by atoms with Crippen LogP contribution in [-0.4, -0.2) is 12.0 Å². The Kier molecular flexibility index (Phi) is 2.19. The maximum Gasteiger partial charge on any atom is 0.130 e. The van der Waals surface area contributed by atoms with Gasteiger partial charge in [0.2, 0.25) is 0 Å². The molecule has 1 atom stereocenters. The molecular formula is C10H15N3. The molecule has 1 aliphatic carbocycles. The summed E-state index contributed by atoms with van der Waals surface area (Å²) in [6.07, 6.45) is 4.31. The van der Waals surface area contributed by atoms with E-state index >= 15 is 0 Å². The van der Waals surface area contributed by atoms with Gasteiger partial charge in [0.05, 0.1) is 0 Å². The molecule has 13 heavy (non-hydrogen) atoms. The molecule has 3 nitrogen and oxygen atoms in total. The lowest BCUT2D eigenvalue weighted by Crippen LogP contribution is -2.14. The molecule has 2 rings (SSSR count). The van der Waals surface area contributed by atoms with Crippen molar-refractivity contribution >= 4 is 5.82 Å². The van der Waals surface area contributed by atoms with Gasteiger partial charge in [-0.3, -0.25) is 0 Å². The molecule has 1 aliphatic rings. The minimum Gasteiger partial charge on any atom is -0.373 e. The Morgan fingerprint density at radius 1 is 1.62 bits per heavy atom. The molecule has 3 N–H and O–H groups in total. The average molecular weight is 177 g/mol. The van der Waals surface area contributed by atoms with E-state index in [0.29, 0.717) is 5.92 Å². The maximum absolute atomic E-state index is 6.10. The maximum atomic E-state index is 6.10. The number of hydrogen-bond donors (Lipinski definition) is 2. The highest BCUT2D eigenvalue weighted by atomic mass is 15.0. The van der Waals surface area contributed by atoms with Gasteiger partial charge in [0.1, 0.15) is 5.82 Å². The quantitative estimate of drug-likeness (QED) is 0.736. The van der Waals surface area contributed by atoms with E-state index in [4.69, 9.17) is 5.73 Å². The first kappa shape index (κ1) is 8.51. The van der Waals surface area contributed by atoms with Gasteiger partial charge in [0.15, 0.2) is 0 Å². The van der Waals surface area contributed by atoms with Crippen molar-refractivity contribution in [3.8, 4) is 0 Å². The van der Waals surface area contributed by atoms with Crippen molar-refractivity contribution in [2.75, 3.05) is 12.4 Å². The summed E-state index contributed by atoms with van der Waals surface area (Å²) in [5.41, 5.74) is 7.24. The first-order valence-electron chi connectivity index (χ1n) is 4.71. The highest BCUT2D eigenvalue weighted by Gasteiger charge is 2.30. The van der Waals surface area contributed by atoms with Crippen molar-refractivity contribution in [2.24, 2.45) is 11.7 Å². The monoisotopic (exact) mass is 177 g/mol. The molecule has 70 valence electrons. The molecular weight excluding hydrogens is 162 g/mol. The number of nitrogens with zero attached hydrogens (tertiary/aromatic N) is 1. The van der Waals surface area contributed by atoms with Crippen LogP contribution in [0.15, 0.2) is 18.3 Å². The molecule has 3 heteroatoms. The van der Waals surface area contributed by atoms with E-state index in [9.17, 15) is 0 Å². The van der Waals surface area contributed by atoms with Crippen LogP contribution in [0.3, 0.4) is 0 Å². The largest absolute Gasteiger partial charge is 0.373 e. The highest BCUT2D eigenvalue weighted by molar-refractivity contribution is 5.45. The summed E-state index contributed by atoms with van der Waals surface area (Å²) >= 11 is 0. The van der Waals surface area contributed by atoms with Crippen molar-refractivity contribution in [3.63, 3.8) is 0 Å². The molecule has 0 aliphatic heterocycles. The number of aromatic nitrogens is 1. The lowest BCUT2D eigenvalue weighted by Gasteiger charge is -2.13. The van der Waals surface area contributed by atoms with E-state index in [-0.39, 0.29) is 6.04 Å². The Morgan fingerprint density at radius 3 is 3.00 bits per heavy atom. The minimum atomic E-state index is 0.163. The summed E-state index contributed by atoms with van der Waals surface area (Å²) < 4.78 is 0. The van der Waals surface area contributed by atoms with Crippen LogP contribution < -0.4 is 11.1 Å².